The summed E-state index contributed by atoms with van der Waals surface area (Å²) >= 11 is 0. The van der Waals surface area contributed by atoms with E-state index >= 15 is 0 Å². The molecular weight excluding hydrogens is 202 g/mol. The fourth-order valence-electron chi connectivity index (χ4n) is 1.92. The van der Waals surface area contributed by atoms with Crippen LogP contribution in [0.15, 0.2) is 17.1 Å². The zero-order chi connectivity index (χ0) is 11.4. The molecule has 0 spiro atoms. The smallest absolute Gasteiger partial charge is 0.306 e. The third-order valence-corrected chi connectivity index (χ3v) is 2.78. The number of aryl methyl sites for hydroxylation is 1. The van der Waals surface area contributed by atoms with Gasteiger partial charge in [-0.05, 0) is 18.9 Å². The molecule has 2 N–H and O–H groups in total. The first-order valence-corrected chi connectivity index (χ1v) is 5.87. The number of H-pyrrole nitrogens is 2. The van der Waals surface area contributed by atoms with E-state index in [1.165, 1.54) is 19.3 Å². The van der Waals surface area contributed by atoms with E-state index in [0.717, 1.165) is 29.6 Å². The zero-order valence-corrected chi connectivity index (χ0v) is 9.55. The maximum absolute atomic E-state index is 11.2. The summed E-state index contributed by atoms with van der Waals surface area (Å²) in [6, 6.07) is 1.82. The predicted octanol–water partition coefficient (Wildman–Crippen LogP) is 2.37. The minimum Gasteiger partial charge on any atom is -0.306 e. The molecule has 86 valence electrons. The van der Waals surface area contributed by atoms with Crippen LogP contribution in [-0.2, 0) is 6.42 Å². The number of aromatic nitrogens is 3. The molecule has 2 rings (SSSR count). The van der Waals surface area contributed by atoms with Crippen LogP contribution in [0.2, 0.25) is 0 Å². The fourth-order valence-corrected chi connectivity index (χ4v) is 1.92. The normalized spacial score (nSPS) is 11.1. The lowest BCUT2D eigenvalue weighted by Gasteiger charge is -2.01. The van der Waals surface area contributed by atoms with Gasteiger partial charge in [0.05, 0.1) is 16.7 Å². The Morgan fingerprint density at radius 2 is 2.12 bits per heavy atom. The summed E-state index contributed by atoms with van der Waals surface area (Å²) < 4.78 is 0. The van der Waals surface area contributed by atoms with Gasteiger partial charge in [0, 0.05) is 6.20 Å². The van der Waals surface area contributed by atoms with Crippen molar-refractivity contribution in [3.8, 4) is 0 Å². The molecular formula is C12H17N3O. The van der Waals surface area contributed by atoms with Crippen molar-refractivity contribution in [2.45, 2.75) is 39.0 Å². The summed E-state index contributed by atoms with van der Waals surface area (Å²) in [5.74, 6) is 0. The van der Waals surface area contributed by atoms with Gasteiger partial charge < -0.3 is 9.97 Å². The lowest BCUT2D eigenvalue weighted by Crippen LogP contribution is -2.00. The maximum Gasteiger partial charge on any atom is 0.323 e. The molecule has 0 radical (unpaired) electrons. The van der Waals surface area contributed by atoms with Gasteiger partial charge in [-0.15, -0.1) is 0 Å². The molecule has 0 aliphatic heterocycles. The van der Waals surface area contributed by atoms with Crippen LogP contribution in [0.5, 0.6) is 0 Å². The monoisotopic (exact) mass is 219 g/mol. The molecule has 0 aliphatic carbocycles. The van der Waals surface area contributed by atoms with Crippen LogP contribution in [0.4, 0.5) is 0 Å². The van der Waals surface area contributed by atoms with Gasteiger partial charge in [0.15, 0.2) is 0 Å². The number of nitrogens with zero attached hydrogens (tertiary/aromatic N) is 1. The molecule has 2 aromatic heterocycles. The van der Waals surface area contributed by atoms with E-state index in [2.05, 4.69) is 21.9 Å². The minimum atomic E-state index is -0.155. The van der Waals surface area contributed by atoms with Gasteiger partial charge in [-0.2, -0.15) is 0 Å². The Hall–Kier alpha value is -1.58. The Balaban J connectivity index is 2.14. The second-order valence-electron chi connectivity index (χ2n) is 4.07. The van der Waals surface area contributed by atoms with Gasteiger partial charge in [-0.25, -0.2) is 4.79 Å². The van der Waals surface area contributed by atoms with E-state index in [1.807, 2.05) is 6.07 Å². The lowest BCUT2D eigenvalue weighted by atomic mass is 10.1. The first kappa shape index (κ1) is 10.9. The van der Waals surface area contributed by atoms with Gasteiger partial charge in [0.25, 0.3) is 0 Å². The van der Waals surface area contributed by atoms with Gasteiger partial charge in [0.1, 0.15) is 0 Å². The van der Waals surface area contributed by atoms with E-state index in [-0.39, 0.29) is 5.69 Å². The molecule has 4 nitrogen and oxygen atoms in total. The van der Waals surface area contributed by atoms with E-state index < -0.39 is 0 Å². The SMILES string of the molecule is CCCCCCc1nccc2[nH]c(=O)[nH]c12. The number of imidazole rings is 1. The first-order chi connectivity index (χ1) is 7.81. The molecule has 0 unspecified atom stereocenters. The third kappa shape index (κ3) is 2.32. The Labute approximate surface area is 94.1 Å². The number of aromatic amines is 2. The highest BCUT2D eigenvalue weighted by Gasteiger charge is 2.04. The second kappa shape index (κ2) is 4.96. The lowest BCUT2D eigenvalue weighted by molar-refractivity contribution is 0.662. The Morgan fingerprint density at radius 1 is 1.25 bits per heavy atom. The van der Waals surface area contributed by atoms with Crippen LogP contribution in [0.3, 0.4) is 0 Å². The summed E-state index contributed by atoms with van der Waals surface area (Å²) in [6.07, 6.45) is 7.54. The Kier molecular flexibility index (Phi) is 3.39. The van der Waals surface area contributed by atoms with Gasteiger partial charge in [-0.1, -0.05) is 26.2 Å². The van der Waals surface area contributed by atoms with Crippen LogP contribution in [-0.4, -0.2) is 15.0 Å². The summed E-state index contributed by atoms with van der Waals surface area (Å²) in [7, 11) is 0. The Morgan fingerprint density at radius 3 is 2.94 bits per heavy atom. The van der Waals surface area contributed by atoms with Crippen LogP contribution in [0, 0.1) is 0 Å². The Bertz CT molecular complexity index is 512. The average molecular weight is 219 g/mol. The molecule has 16 heavy (non-hydrogen) atoms. The van der Waals surface area contributed by atoms with Crippen LogP contribution in [0.25, 0.3) is 11.0 Å². The standard InChI is InChI=1S/C12H17N3O/c1-2-3-4-5-6-9-11-10(7-8-13-9)14-12(16)15-11/h7-8H,2-6H2,1H3,(H2,14,15,16). The summed E-state index contributed by atoms with van der Waals surface area (Å²) in [5, 5.41) is 0. The fraction of sp³-hybridized carbons (Fsp3) is 0.500. The molecule has 0 bridgehead atoms. The number of rotatable bonds is 5. The second-order valence-corrected chi connectivity index (χ2v) is 4.07. The van der Waals surface area contributed by atoms with Gasteiger partial charge in [-0.3, -0.25) is 4.98 Å². The summed E-state index contributed by atoms with van der Waals surface area (Å²) in [6.45, 7) is 2.20. The van der Waals surface area contributed by atoms with Crippen LogP contribution >= 0.6 is 0 Å². The largest absolute Gasteiger partial charge is 0.323 e. The van der Waals surface area contributed by atoms with Crippen molar-refractivity contribution in [3.05, 3.63) is 28.4 Å². The number of fused-ring (bicyclic) bond motifs is 1. The van der Waals surface area contributed by atoms with E-state index in [0.29, 0.717) is 0 Å². The van der Waals surface area contributed by atoms with E-state index in [1.54, 1.807) is 6.20 Å². The number of unbranched alkanes of at least 4 members (excludes halogenated alkanes) is 3. The molecule has 2 heterocycles. The van der Waals surface area contributed by atoms with E-state index in [9.17, 15) is 4.79 Å². The number of pyridine rings is 1. The maximum atomic E-state index is 11.2. The quantitative estimate of drug-likeness (QED) is 0.758. The molecule has 0 aromatic carbocycles. The molecule has 2 aromatic rings. The molecule has 0 saturated heterocycles. The highest BCUT2D eigenvalue weighted by Crippen LogP contribution is 2.13. The third-order valence-electron chi connectivity index (χ3n) is 2.78. The van der Waals surface area contributed by atoms with Crippen molar-refractivity contribution in [1.29, 1.82) is 0 Å². The zero-order valence-electron chi connectivity index (χ0n) is 9.55. The molecule has 0 aliphatic rings. The predicted molar refractivity (Wildman–Crippen MR) is 64.6 cm³/mol. The van der Waals surface area contributed by atoms with Crippen molar-refractivity contribution in [2.75, 3.05) is 0 Å². The molecule has 4 heteroatoms. The minimum absolute atomic E-state index is 0.155. The van der Waals surface area contributed by atoms with Crippen LogP contribution < -0.4 is 5.69 Å². The molecule has 0 atom stereocenters. The average Bonchev–Trinajstić information content (AvgIpc) is 2.65. The number of nitrogens with one attached hydrogen (secondary N) is 2. The van der Waals surface area contributed by atoms with Crippen molar-refractivity contribution >= 4 is 11.0 Å². The summed E-state index contributed by atoms with van der Waals surface area (Å²) in [5.41, 5.74) is 2.55. The summed E-state index contributed by atoms with van der Waals surface area (Å²) in [4.78, 5) is 21.0. The van der Waals surface area contributed by atoms with Crippen molar-refractivity contribution < 1.29 is 0 Å². The number of hydrogen-bond donors (Lipinski definition) is 2. The van der Waals surface area contributed by atoms with E-state index in [4.69, 9.17) is 0 Å². The van der Waals surface area contributed by atoms with Crippen LogP contribution in [0.1, 0.15) is 38.3 Å². The first-order valence-electron chi connectivity index (χ1n) is 5.87. The number of hydrogen-bond acceptors (Lipinski definition) is 2. The van der Waals surface area contributed by atoms with Crippen molar-refractivity contribution in [3.63, 3.8) is 0 Å². The highest BCUT2D eigenvalue weighted by atomic mass is 16.1. The topological polar surface area (TPSA) is 61.5 Å². The molecule has 0 amide bonds. The molecule has 0 saturated carbocycles. The molecule has 0 fully saturated rings. The highest BCUT2D eigenvalue weighted by molar-refractivity contribution is 5.76. The van der Waals surface area contributed by atoms with Gasteiger partial charge >= 0.3 is 5.69 Å². The van der Waals surface area contributed by atoms with Crippen molar-refractivity contribution in [1.82, 2.24) is 15.0 Å². The van der Waals surface area contributed by atoms with Crippen molar-refractivity contribution in [2.24, 2.45) is 0 Å². The van der Waals surface area contributed by atoms with Gasteiger partial charge in [0.2, 0.25) is 0 Å².